The van der Waals surface area contributed by atoms with Gasteiger partial charge in [0, 0.05) is 5.41 Å². The van der Waals surface area contributed by atoms with E-state index in [-0.39, 0.29) is 17.1 Å². The first-order chi connectivity index (χ1) is 8.31. The summed E-state index contributed by atoms with van der Waals surface area (Å²) in [6.45, 7) is 6.44. The van der Waals surface area contributed by atoms with Crippen LogP contribution in [-0.4, -0.2) is 23.3 Å². The molecule has 98 valence electrons. The monoisotopic (exact) mass is 248 g/mol. The van der Waals surface area contributed by atoms with Gasteiger partial charge in [-0.25, -0.2) is 0 Å². The van der Waals surface area contributed by atoms with E-state index in [1.807, 2.05) is 13.0 Å². The van der Waals surface area contributed by atoms with Crippen molar-refractivity contribution in [1.82, 2.24) is 0 Å². The van der Waals surface area contributed by atoms with E-state index in [0.29, 0.717) is 17.4 Å². The third kappa shape index (κ3) is 1.23. The molecule has 3 aliphatic carbocycles. The van der Waals surface area contributed by atoms with Gasteiger partial charge in [-0.15, -0.1) is 0 Å². The fourth-order valence-electron chi connectivity index (χ4n) is 4.69. The quantitative estimate of drug-likeness (QED) is 0.719. The number of ketones is 1. The van der Waals surface area contributed by atoms with Crippen LogP contribution < -0.4 is 0 Å². The molecule has 0 spiro atoms. The molecule has 0 aromatic heterocycles. The highest BCUT2D eigenvalue weighted by Gasteiger charge is 2.67. The normalized spacial score (nSPS) is 48.9. The number of aliphatic hydroxyl groups excluding tert-OH is 1. The molecule has 0 radical (unpaired) electrons. The molecule has 0 amide bonds. The van der Waals surface area contributed by atoms with E-state index >= 15 is 0 Å². The van der Waals surface area contributed by atoms with Crippen LogP contribution in [0.2, 0.25) is 0 Å². The maximum atomic E-state index is 11.9. The summed E-state index contributed by atoms with van der Waals surface area (Å²) in [4.78, 5) is 23.1. The highest BCUT2D eigenvalue weighted by atomic mass is 16.3. The third-order valence-corrected chi connectivity index (χ3v) is 5.52. The van der Waals surface area contributed by atoms with Gasteiger partial charge in [0.2, 0.25) is 0 Å². The Morgan fingerprint density at radius 3 is 2.61 bits per heavy atom. The molecule has 3 rings (SSSR count). The number of aliphatic hydroxyl groups is 1. The topological polar surface area (TPSA) is 54.4 Å². The highest BCUT2D eigenvalue weighted by molar-refractivity contribution is 6.01. The molecule has 0 bridgehead atoms. The van der Waals surface area contributed by atoms with Crippen molar-refractivity contribution in [3.63, 3.8) is 0 Å². The third-order valence-electron chi connectivity index (χ3n) is 5.52. The molecular weight excluding hydrogens is 228 g/mol. The summed E-state index contributed by atoms with van der Waals surface area (Å²) in [7, 11) is 0. The van der Waals surface area contributed by atoms with Crippen LogP contribution >= 0.6 is 0 Å². The molecule has 0 heterocycles. The summed E-state index contributed by atoms with van der Waals surface area (Å²) < 4.78 is 0. The van der Waals surface area contributed by atoms with Gasteiger partial charge >= 0.3 is 0 Å². The fourth-order valence-corrected chi connectivity index (χ4v) is 4.69. The van der Waals surface area contributed by atoms with Crippen LogP contribution in [0, 0.1) is 28.6 Å². The molecule has 2 fully saturated rings. The Bertz CT molecular complexity index is 462. The molecule has 0 aromatic rings. The van der Waals surface area contributed by atoms with Gasteiger partial charge in [-0.3, -0.25) is 9.59 Å². The van der Waals surface area contributed by atoms with Gasteiger partial charge in [0.1, 0.15) is 12.4 Å². The number of fused-ring (bicyclic) bond motifs is 3. The standard InChI is InChI=1S/C15H20O3/c1-14(2)5-8-4-9(7-16)11-12(17)13(18)15(11,3)10(8)6-14/h4,7-8,10-11,13,18H,5-6H2,1-3H3/t8-,10+,11?,13-,15-/m1/s1. The molecule has 0 aromatic carbocycles. The van der Waals surface area contributed by atoms with Crippen molar-refractivity contribution in [3.8, 4) is 0 Å². The van der Waals surface area contributed by atoms with E-state index in [9.17, 15) is 14.7 Å². The summed E-state index contributed by atoms with van der Waals surface area (Å²) >= 11 is 0. The van der Waals surface area contributed by atoms with Gasteiger partial charge in [-0.2, -0.15) is 0 Å². The van der Waals surface area contributed by atoms with Crippen LogP contribution in [0.3, 0.4) is 0 Å². The number of aldehydes is 1. The minimum absolute atomic E-state index is 0.168. The lowest BCUT2D eigenvalue weighted by molar-refractivity contribution is -0.177. The fraction of sp³-hybridized carbons (Fsp3) is 0.733. The van der Waals surface area contributed by atoms with E-state index in [0.717, 1.165) is 19.1 Å². The molecule has 0 saturated heterocycles. The van der Waals surface area contributed by atoms with Gasteiger partial charge in [-0.05, 0) is 35.7 Å². The van der Waals surface area contributed by atoms with Crippen LogP contribution in [0.5, 0.6) is 0 Å². The average molecular weight is 248 g/mol. The van der Waals surface area contributed by atoms with E-state index in [1.165, 1.54) is 0 Å². The lowest BCUT2D eigenvalue weighted by atomic mass is 9.46. The van der Waals surface area contributed by atoms with Gasteiger partial charge < -0.3 is 5.11 Å². The highest BCUT2D eigenvalue weighted by Crippen LogP contribution is 2.64. The maximum absolute atomic E-state index is 11.9. The summed E-state index contributed by atoms with van der Waals surface area (Å²) in [5.74, 6) is 0.136. The van der Waals surface area contributed by atoms with Gasteiger partial charge in [0.05, 0.1) is 5.92 Å². The first kappa shape index (κ1) is 12.1. The molecule has 1 N–H and O–H groups in total. The zero-order chi connectivity index (χ0) is 13.3. The lowest BCUT2D eigenvalue weighted by Gasteiger charge is -2.57. The Labute approximate surface area is 107 Å². The van der Waals surface area contributed by atoms with Gasteiger partial charge in [0.25, 0.3) is 0 Å². The van der Waals surface area contributed by atoms with Crippen LogP contribution in [0.25, 0.3) is 0 Å². The Morgan fingerprint density at radius 2 is 2.00 bits per heavy atom. The molecule has 1 unspecified atom stereocenters. The second-order valence-corrected chi connectivity index (χ2v) is 7.23. The lowest BCUT2D eigenvalue weighted by Crippen LogP contribution is -2.66. The van der Waals surface area contributed by atoms with E-state index < -0.39 is 11.5 Å². The number of carbonyl (C=O) groups is 2. The van der Waals surface area contributed by atoms with Crippen LogP contribution in [-0.2, 0) is 9.59 Å². The molecule has 3 aliphatic rings. The molecule has 3 nitrogen and oxygen atoms in total. The molecule has 2 saturated carbocycles. The second kappa shape index (κ2) is 3.32. The molecule has 3 heteroatoms. The van der Waals surface area contributed by atoms with Crippen molar-refractivity contribution in [3.05, 3.63) is 11.6 Å². The van der Waals surface area contributed by atoms with Crippen molar-refractivity contribution in [1.29, 1.82) is 0 Å². The second-order valence-electron chi connectivity index (χ2n) is 7.23. The predicted molar refractivity (Wildman–Crippen MR) is 66.8 cm³/mol. The number of hydrogen-bond donors (Lipinski definition) is 1. The number of rotatable bonds is 1. The minimum atomic E-state index is -0.882. The van der Waals surface area contributed by atoms with Crippen molar-refractivity contribution < 1.29 is 14.7 Å². The van der Waals surface area contributed by atoms with E-state index in [1.54, 1.807) is 0 Å². The Hall–Kier alpha value is -0.960. The Balaban J connectivity index is 2.07. The predicted octanol–water partition coefficient (Wildman–Crippen LogP) is 1.74. The zero-order valence-electron chi connectivity index (χ0n) is 11.1. The average Bonchev–Trinajstić information content (AvgIpc) is 2.62. The van der Waals surface area contributed by atoms with Crippen LogP contribution in [0.4, 0.5) is 0 Å². The minimum Gasteiger partial charge on any atom is -0.385 e. The van der Waals surface area contributed by atoms with Crippen molar-refractivity contribution in [2.75, 3.05) is 0 Å². The van der Waals surface area contributed by atoms with Gasteiger partial charge in [0.15, 0.2) is 5.78 Å². The molecule has 18 heavy (non-hydrogen) atoms. The van der Waals surface area contributed by atoms with E-state index in [4.69, 9.17) is 0 Å². The first-order valence-corrected chi connectivity index (χ1v) is 6.70. The summed E-state index contributed by atoms with van der Waals surface area (Å²) in [5, 5.41) is 10.1. The number of allylic oxidation sites excluding steroid dienone is 2. The van der Waals surface area contributed by atoms with Gasteiger partial charge in [-0.1, -0.05) is 26.8 Å². The van der Waals surface area contributed by atoms with Crippen molar-refractivity contribution in [2.45, 2.75) is 39.7 Å². The Morgan fingerprint density at radius 1 is 1.33 bits per heavy atom. The van der Waals surface area contributed by atoms with Crippen LogP contribution in [0.15, 0.2) is 11.6 Å². The summed E-state index contributed by atoms with van der Waals surface area (Å²) in [6.07, 6.45) is 4.00. The molecule has 0 aliphatic heterocycles. The van der Waals surface area contributed by atoms with E-state index in [2.05, 4.69) is 13.8 Å². The Kier molecular flexibility index (Phi) is 2.23. The maximum Gasteiger partial charge on any atom is 0.170 e. The zero-order valence-corrected chi connectivity index (χ0v) is 11.1. The number of carbonyl (C=O) groups excluding carboxylic acids is 2. The van der Waals surface area contributed by atoms with Crippen LogP contribution in [0.1, 0.15) is 33.6 Å². The molecular formula is C15H20O3. The summed E-state index contributed by atoms with van der Waals surface area (Å²) in [5.41, 5.74) is 0.420. The van der Waals surface area contributed by atoms with Crippen molar-refractivity contribution >= 4 is 12.1 Å². The summed E-state index contributed by atoms with van der Waals surface area (Å²) in [6, 6.07) is 0. The SMILES string of the molecule is CC1(C)C[C@H]2C=C(C=O)C3C(=O)[C@@H](O)[C@]3(C)[C@H]2C1. The molecule has 5 atom stereocenters. The smallest absolute Gasteiger partial charge is 0.170 e. The number of hydrogen-bond acceptors (Lipinski definition) is 3. The largest absolute Gasteiger partial charge is 0.385 e. The van der Waals surface area contributed by atoms with Crippen molar-refractivity contribution in [2.24, 2.45) is 28.6 Å². The first-order valence-electron chi connectivity index (χ1n) is 6.70. The number of Topliss-reactive ketones (excluding diaryl/α,β-unsaturated/α-hetero) is 1.